The van der Waals surface area contributed by atoms with E-state index >= 15 is 0 Å². The van der Waals surface area contributed by atoms with Gasteiger partial charge in [-0.3, -0.25) is 9.59 Å². The highest BCUT2D eigenvalue weighted by Gasteiger charge is 2.63. The minimum Gasteiger partial charge on any atom is -0.375 e. The highest BCUT2D eigenvalue weighted by Crippen LogP contribution is 2.57. The molecule has 10 heteroatoms. The van der Waals surface area contributed by atoms with Gasteiger partial charge in [0.05, 0.1) is 18.1 Å². The molecule has 150 valence electrons. The lowest BCUT2D eigenvalue weighted by Gasteiger charge is -2.36. The lowest BCUT2D eigenvalue weighted by atomic mass is 10.0. The summed E-state index contributed by atoms with van der Waals surface area (Å²) in [6.45, 7) is 1.60. The smallest absolute Gasteiger partial charge is 0.375 e. The van der Waals surface area contributed by atoms with Crippen LogP contribution in [0, 0.1) is 5.41 Å². The van der Waals surface area contributed by atoms with Crippen LogP contribution in [0.4, 0.5) is 22.0 Å². The van der Waals surface area contributed by atoms with Gasteiger partial charge in [-0.1, -0.05) is 0 Å². The number of hydrogen-bond donors (Lipinski definition) is 1. The number of nitrogens with one attached hydrogen (secondary N) is 1. The second-order valence-electron chi connectivity index (χ2n) is 7.15. The summed E-state index contributed by atoms with van der Waals surface area (Å²) in [6.07, 6.45) is -6.46. The van der Waals surface area contributed by atoms with E-state index in [1.165, 1.54) is 11.8 Å². The lowest BCUT2D eigenvalue weighted by molar-refractivity contribution is -0.206. The van der Waals surface area contributed by atoms with Gasteiger partial charge in [0.1, 0.15) is 6.04 Å². The first-order chi connectivity index (χ1) is 11.9. The summed E-state index contributed by atoms with van der Waals surface area (Å²) in [4.78, 5) is 25.2. The van der Waals surface area contributed by atoms with Crippen molar-refractivity contribution < 1.29 is 36.3 Å². The molecule has 2 aliphatic rings. The fourth-order valence-corrected chi connectivity index (χ4v) is 2.90. The molecule has 2 rings (SSSR count). The number of nitrogens with zero attached hydrogens (tertiary/aromatic N) is 1. The van der Waals surface area contributed by atoms with Crippen molar-refractivity contribution in [3.8, 4) is 0 Å². The van der Waals surface area contributed by atoms with E-state index < -0.39 is 60.9 Å². The quantitative estimate of drug-likeness (QED) is 0.714. The number of rotatable bonds is 6. The number of hydrogen-bond acceptors (Lipinski definition) is 3. The monoisotopic (exact) mass is 386 g/mol. The maximum absolute atomic E-state index is 13.2. The molecule has 0 aromatic heterocycles. The van der Waals surface area contributed by atoms with Crippen LogP contribution in [0.2, 0.25) is 0 Å². The summed E-state index contributed by atoms with van der Waals surface area (Å²) in [5.74, 6) is -4.02. The van der Waals surface area contributed by atoms with E-state index in [1.807, 2.05) is 0 Å². The highest BCUT2D eigenvalue weighted by atomic mass is 19.4. The summed E-state index contributed by atoms with van der Waals surface area (Å²) >= 11 is 0. The zero-order valence-electron chi connectivity index (χ0n) is 14.7. The number of halogens is 5. The summed E-state index contributed by atoms with van der Waals surface area (Å²) in [7, 11) is 0. The topological polar surface area (TPSA) is 58.6 Å². The molecule has 1 aliphatic heterocycles. The Hall–Kier alpha value is -1.45. The molecule has 2 unspecified atom stereocenters. The summed E-state index contributed by atoms with van der Waals surface area (Å²) in [5, 5.41) is 2.37. The van der Waals surface area contributed by atoms with Gasteiger partial charge in [0.2, 0.25) is 11.8 Å². The SMILES string of the molecule is CC(=O)NC(C(=O)N1CCC(F)(F)CC1)C(C)OCC1(C(F)(F)F)CC1. The van der Waals surface area contributed by atoms with Gasteiger partial charge < -0.3 is 15.0 Å². The second kappa shape index (κ2) is 7.28. The Morgan fingerprint density at radius 2 is 1.69 bits per heavy atom. The van der Waals surface area contributed by atoms with E-state index in [0.717, 1.165) is 6.92 Å². The zero-order valence-corrected chi connectivity index (χ0v) is 14.7. The van der Waals surface area contributed by atoms with Gasteiger partial charge in [0, 0.05) is 32.9 Å². The molecule has 2 amide bonds. The number of carbonyl (C=O) groups excluding carboxylic acids is 2. The van der Waals surface area contributed by atoms with Crippen molar-refractivity contribution in [3.05, 3.63) is 0 Å². The van der Waals surface area contributed by atoms with Gasteiger partial charge in [0.15, 0.2) is 0 Å². The molecule has 0 radical (unpaired) electrons. The van der Waals surface area contributed by atoms with Crippen molar-refractivity contribution in [1.82, 2.24) is 10.2 Å². The summed E-state index contributed by atoms with van der Waals surface area (Å²) in [5.41, 5.74) is -1.89. The van der Waals surface area contributed by atoms with Crippen molar-refractivity contribution in [2.24, 2.45) is 5.41 Å². The summed E-state index contributed by atoms with van der Waals surface area (Å²) in [6, 6.07) is -1.22. The molecule has 5 nitrogen and oxygen atoms in total. The number of carbonyl (C=O) groups is 2. The first kappa shape index (κ1) is 20.9. The van der Waals surface area contributed by atoms with Crippen LogP contribution >= 0.6 is 0 Å². The molecule has 0 aromatic rings. The van der Waals surface area contributed by atoms with E-state index in [-0.39, 0.29) is 25.9 Å². The number of alkyl halides is 5. The van der Waals surface area contributed by atoms with Crippen LogP contribution in [0.5, 0.6) is 0 Å². The average molecular weight is 386 g/mol. The van der Waals surface area contributed by atoms with E-state index in [9.17, 15) is 31.5 Å². The number of piperidine rings is 1. The number of likely N-dealkylation sites (tertiary alicyclic amines) is 1. The largest absolute Gasteiger partial charge is 0.396 e. The Morgan fingerprint density at radius 1 is 1.15 bits per heavy atom. The van der Waals surface area contributed by atoms with Crippen molar-refractivity contribution in [2.75, 3.05) is 19.7 Å². The molecule has 26 heavy (non-hydrogen) atoms. The van der Waals surface area contributed by atoms with Crippen molar-refractivity contribution >= 4 is 11.8 Å². The molecule has 1 aliphatic carbocycles. The van der Waals surface area contributed by atoms with Gasteiger partial charge in [-0.15, -0.1) is 0 Å². The van der Waals surface area contributed by atoms with Crippen molar-refractivity contribution in [3.63, 3.8) is 0 Å². The molecule has 0 spiro atoms. The fraction of sp³-hybridized carbons (Fsp3) is 0.875. The Labute approximate surface area is 148 Å². The third-order valence-corrected chi connectivity index (χ3v) is 4.98. The zero-order chi connectivity index (χ0) is 19.8. The van der Waals surface area contributed by atoms with Crippen LogP contribution in [0.3, 0.4) is 0 Å². The van der Waals surface area contributed by atoms with Gasteiger partial charge in [-0.25, -0.2) is 8.78 Å². The first-order valence-corrected chi connectivity index (χ1v) is 8.49. The molecule has 0 bridgehead atoms. The van der Waals surface area contributed by atoms with Crippen LogP contribution in [0.1, 0.15) is 39.5 Å². The number of amides is 2. The molecule has 1 N–H and O–H groups in total. The minimum atomic E-state index is -4.39. The van der Waals surface area contributed by atoms with Crippen LogP contribution in [0.25, 0.3) is 0 Å². The third-order valence-electron chi connectivity index (χ3n) is 4.98. The average Bonchev–Trinajstić information content (AvgIpc) is 3.30. The predicted octanol–water partition coefficient (Wildman–Crippen LogP) is 2.50. The molecular formula is C16H23F5N2O3. The Bertz CT molecular complexity index is 538. The Morgan fingerprint density at radius 3 is 2.12 bits per heavy atom. The van der Waals surface area contributed by atoms with Gasteiger partial charge in [-0.05, 0) is 19.8 Å². The van der Waals surface area contributed by atoms with Gasteiger partial charge in [0.25, 0.3) is 5.92 Å². The second-order valence-corrected chi connectivity index (χ2v) is 7.15. The van der Waals surface area contributed by atoms with Crippen molar-refractivity contribution in [1.29, 1.82) is 0 Å². The van der Waals surface area contributed by atoms with Crippen molar-refractivity contribution in [2.45, 2.75) is 63.8 Å². The van der Waals surface area contributed by atoms with E-state index in [2.05, 4.69) is 5.32 Å². The van der Waals surface area contributed by atoms with Crippen LogP contribution in [-0.4, -0.2) is 60.7 Å². The molecule has 2 fully saturated rings. The third kappa shape index (κ3) is 4.83. The van der Waals surface area contributed by atoms with Crippen LogP contribution < -0.4 is 5.32 Å². The van der Waals surface area contributed by atoms with Gasteiger partial charge in [-0.2, -0.15) is 13.2 Å². The highest BCUT2D eigenvalue weighted by molar-refractivity contribution is 5.87. The Balaban J connectivity index is 1.99. The van der Waals surface area contributed by atoms with E-state index in [4.69, 9.17) is 4.74 Å². The van der Waals surface area contributed by atoms with E-state index in [0.29, 0.717) is 0 Å². The number of ether oxygens (including phenoxy) is 1. The molecule has 2 atom stereocenters. The molecule has 1 saturated heterocycles. The predicted molar refractivity (Wildman–Crippen MR) is 81.5 cm³/mol. The van der Waals surface area contributed by atoms with Crippen LogP contribution in [0.15, 0.2) is 0 Å². The molecule has 1 saturated carbocycles. The maximum Gasteiger partial charge on any atom is 0.396 e. The molecular weight excluding hydrogens is 363 g/mol. The lowest BCUT2D eigenvalue weighted by Crippen LogP contribution is -2.56. The van der Waals surface area contributed by atoms with Crippen LogP contribution in [-0.2, 0) is 14.3 Å². The standard InChI is InChI=1S/C16H23F5N2O3/c1-10(26-9-14(3-4-14)16(19,20)21)12(22-11(2)24)13(25)23-7-5-15(17,18)6-8-23/h10,12H,3-9H2,1-2H3,(H,22,24). The normalized spacial score (nSPS) is 23.9. The minimum absolute atomic E-state index is 0.0385. The Kier molecular flexibility index (Phi) is 5.84. The first-order valence-electron chi connectivity index (χ1n) is 8.49. The molecule has 1 heterocycles. The summed E-state index contributed by atoms with van der Waals surface area (Å²) < 4.78 is 70.7. The maximum atomic E-state index is 13.2. The molecule has 0 aromatic carbocycles. The fourth-order valence-electron chi connectivity index (χ4n) is 2.90. The van der Waals surface area contributed by atoms with E-state index in [1.54, 1.807) is 0 Å². The van der Waals surface area contributed by atoms with Gasteiger partial charge >= 0.3 is 6.18 Å².